The second-order valence-electron chi connectivity index (χ2n) is 10.3. The van der Waals surface area contributed by atoms with E-state index in [1.807, 2.05) is 6.92 Å². The van der Waals surface area contributed by atoms with Crippen molar-refractivity contribution in [1.29, 1.82) is 0 Å². The number of nitrogens with zero attached hydrogens (tertiary/aromatic N) is 2. The predicted octanol–water partition coefficient (Wildman–Crippen LogP) is 4.52. The lowest BCUT2D eigenvalue weighted by Gasteiger charge is -2.25. The van der Waals surface area contributed by atoms with Crippen LogP contribution in [0.5, 0.6) is 0 Å². The molecule has 1 saturated carbocycles. The number of aromatic nitrogens is 2. The standard InChI is InChI=1S/C26H38N4O3S/c1-18(2)26(22-11-9-21(10-12-22)20-7-5-4-6-8-20)27-16-25(31)28-24-15-19(3)29-30(24)23-13-14-34(32,33)17-23/h9-12,15,18,20,23,26-27H,4-8,13-14,16-17H2,1-3H3,(H,28,31)/t23-,26+/m1/s1. The number of anilines is 1. The first-order valence-corrected chi connectivity index (χ1v) is 14.4. The minimum atomic E-state index is -3.04. The van der Waals surface area contributed by atoms with E-state index >= 15 is 0 Å². The van der Waals surface area contributed by atoms with Gasteiger partial charge in [0.25, 0.3) is 0 Å². The van der Waals surface area contributed by atoms with Gasteiger partial charge in [0.2, 0.25) is 5.91 Å². The summed E-state index contributed by atoms with van der Waals surface area (Å²) in [6.07, 6.45) is 7.11. The van der Waals surface area contributed by atoms with Crippen LogP contribution in [0.4, 0.5) is 5.82 Å². The van der Waals surface area contributed by atoms with E-state index in [1.165, 1.54) is 43.2 Å². The molecule has 1 aromatic carbocycles. The van der Waals surface area contributed by atoms with E-state index in [-0.39, 0.29) is 36.0 Å². The molecule has 1 aliphatic heterocycles. The van der Waals surface area contributed by atoms with Gasteiger partial charge < -0.3 is 10.6 Å². The number of carbonyl (C=O) groups excluding carboxylic acids is 1. The Labute approximate surface area is 203 Å². The van der Waals surface area contributed by atoms with Gasteiger partial charge in [-0.3, -0.25) is 4.79 Å². The maximum absolute atomic E-state index is 12.8. The van der Waals surface area contributed by atoms with Crippen LogP contribution < -0.4 is 10.6 Å². The van der Waals surface area contributed by atoms with E-state index in [1.54, 1.807) is 10.7 Å². The van der Waals surface area contributed by atoms with Gasteiger partial charge in [0.05, 0.1) is 29.8 Å². The molecule has 0 radical (unpaired) electrons. The van der Waals surface area contributed by atoms with E-state index in [2.05, 4.69) is 53.8 Å². The van der Waals surface area contributed by atoms with Crippen molar-refractivity contribution in [3.8, 4) is 0 Å². The van der Waals surface area contributed by atoms with Crippen LogP contribution in [0.1, 0.15) is 87.2 Å². The average Bonchev–Trinajstić information content (AvgIpc) is 3.35. The molecule has 34 heavy (non-hydrogen) atoms. The molecular formula is C26H38N4O3S. The van der Waals surface area contributed by atoms with E-state index in [0.29, 0.717) is 24.1 Å². The number of carbonyl (C=O) groups is 1. The Morgan fingerprint density at radius 1 is 1.12 bits per heavy atom. The Morgan fingerprint density at radius 2 is 1.82 bits per heavy atom. The van der Waals surface area contributed by atoms with Crippen LogP contribution in [-0.4, -0.2) is 42.2 Å². The van der Waals surface area contributed by atoms with E-state index in [4.69, 9.17) is 0 Å². The third-order valence-electron chi connectivity index (χ3n) is 7.20. The molecule has 2 heterocycles. The lowest BCUT2D eigenvalue weighted by molar-refractivity contribution is -0.115. The second-order valence-corrected chi connectivity index (χ2v) is 12.6. The number of aryl methyl sites for hydroxylation is 1. The summed E-state index contributed by atoms with van der Waals surface area (Å²) < 4.78 is 25.5. The number of sulfone groups is 1. The topological polar surface area (TPSA) is 93.1 Å². The Balaban J connectivity index is 1.37. The molecule has 2 fully saturated rings. The summed E-state index contributed by atoms with van der Waals surface area (Å²) >= 11 is 0. The van der Waals surface area contributed by atoms with E-state index in [9.17, 15) is 13.2 Å². The second kappa shape index (κ2) is 10.6. The fourth-order valence-corrected chi connectivity index (χ4v) is 7.09. The fourth-order valence-electron chi connectivity index (χ4n) is 5.40. The van der Waals surface area contributed by atoms with Crippen molar-refractivity contribution in [3.63, 3.8) is 0 Å². The van der Waals surface area contributed by atoms with Crippen LogP contribution in [0.3, 0.4) is 0 Å². The average molecular weight is 487 g/mol. The lowest BCUT2D eigenvalue weighted by Crippen LogP contribution is -2.34. The molecule has 2 N–H and O–H groups in total. The maximum atomic E-state index is 12.8. The third-order valence-corrected chi connectivity index (χ3v) is 8.95. The van der Waals surface area contributed by atoms with Gasteiger partial charge in [0, 0.05) is 12.1 Å². The monoisotopic (exact) mass is 486 g/mol. The van der Waals surface area contributed by atoms with Gasteiger partial charge in [-0.25, -0.2) is 13.1 Å². The molecule has 1 saturated heterocycles. The van der Waals surface area contributed by atoms with Crippen molar-refractivity contribution >= 4 is 21.6 Å². The smallest absolute Gasteiger partial charge is 0.239 e. The number of amides is 1. The van der Waals surface area contributed by atoms with Crippen molar-refractivity contribution in [2.45, 2.75) is 77.3 Å². The zero-order valence-corrected chi connectivity index (χ0v) is 21.4. The minimum Gasteiger partial charge on any atom is -0.310 e. The largest absolute Gasteiger partial charge is 0.310 e. The number of hydrogen-bond acceptors (Lipinski definition) is 5. The molecular weight excluding hydrogens is 448 g/mol. The van der Waals surface area contributed by atoms with Gasteiger partial charge in [0.15, 0.2) is 9.84 Å². The SMILES string of the molecule is Cc1cc(NC(=O)CN[C@H](c2ccc(C3CCCCC3)cc2)C(C)C)n([C@@H]2CCS(=O)(=O)C2)n1. The van der Waals surface area contributed by atoms with E-state index < -0.39 is 9.84 Å². The highest BCUT2D eigenvalue weighted by Gasteiger charge is 2.31. The number of hydrogen-bond donors (Lipinski definition) is 2. The first kappa shape index (κ1) is 24.9. The van der Waals surface area contributed by atoms with Crippen LogP contribution >= 0.6 is 0 Å². The van der Waals surface area contributed by atoms with Gasteiger partial charge in [-0.15, -0.1) is 0 Å². The Hall–Kier alpha value is -2.19. The molecule has 1 aromatic heterocycles. The van der Waals surface area contributed by atoms with Gasteiger partial charge in [-0.1, -0.05) is 57.4 Å². The lowest BCUT2D eigenvalue weighted by atomic mass is 9.83. The molecule has 7 nitrogen and oxygen atoms in total. The molecule has 2 aliphatic rings. The summed E-state index contributed by atoms with van der Waals surface area (Å²) in [5, 5.41) is 10.8. The highest BCUT2D eigenvalue weighted by Crippen LogP contribution is 2.33. The summed E-state index contributed by atoms with van der Waals surface area (Å²) in [5.41, 5.74) is 3.38. The van der Waals surface area contributed by atoms with Crippen LogP contribution in [0.15, 0.2) is 30.3 Å². The molecule has 1 amide bonds. The number of benzene rings is 1. The van der Waals surface area contributed by atoms with Crippen molar-refractivity contribution in [1.82, 2.24) is 15.1 Å². The Kier molecular flexibility index (Phi) is 7.77. The van der Waals surface area contributed by atoms with Crippen molar-refractivity contribution in [2.75, 3.05) is 23.4 Å². The van der Waals surface area contributed by atoms with Crippen LogP contribution in [-0.2, 0) is 14.6 Å². The zero-order chi connectivity index (χ0) is 24.3. The molecule has 0 bridgehead atoms. The Bertz CT molecular complexity index is 1090. The van der Waals surface area contributed by atoms with E-state index in [0.717, 1.165) is 5.69 Å². The molecule has 186 valence electrons. The molecule has 1 aliphatic carbocycles. The number of nitrogens with one attached hydrogen (secondary N) is 2. The van der Waals surface area contributed by atoms with Crippen molar-refractivity contribution in [3.05, 3.63) is 47.2 Å². The van der Waals surface area contributed by atoms with Crippen molar-refractivity contribution in [2.24, 2.45) is 5.92 Å². The predicted molar refractivity (Wildman–Crippen MR) is 136 cm³/mol. The van der Waals surface area contributed by atoms with Crippen molar-refractivity contribution < 1.29 is 13.2 Å². The van der Waals surface area contributed by atoms with Gasteiger partial charge in [-0.05, 0) is 49.1 Å². The minimum absolute atomic E-state index is 0.0674. The molecule has 2 aromatic rings. The summed E-state index contributed by atoms with van der Waals surface area (Å²) in [5.74, 6) is 1.64. The summed E-state index contributed by atoms with van der Waals surface area (Å²) in [6.45, 7) is 6.33. The van der Waals surface area contributed by atoms with Crippen LogP contribution in [0.2, 0.25) is 0 Å². The molecule has 0 spiro atoms. The molecule has 2 atom stereocenters. The molecule has 8 heteroatoms. The maximum Gasteiger partial charge on any atom is 0.239 e. The zero-order valence-electron chi connectivity index (χ0n) is 20.6. The summed E-state index contributed by atoms with van der Waals surface area (Å²) in [6, 6.07) is 10.6. The van der Waals surface area contributed by atoms with Crippen LogP contribution in [0, 0.1) is 12.8 Å². The van der Waals surface area contributed by atoms with Crippen LogP contribution in [0.25, 0.3) is 0 Å². The quantitative estimate of drug-likeness (QED) is 0.572. The highest BCUT2D eigenvalue weighted by atomic mass is 32.2. The first-order valence-electron chi connectivity index (χ1n) is 12.6. The number of rotatable bonds is 8. The molecule has 0 unspecified atom stereocenters. The van der Waals surface area contributed by atoms with Gasteiger partial charge in [0.1, 0.15) is 5.82 Å². The van der Waals surface area contributed by atoms with Gasteiger partial charge in [-0.2, -0.15) is 5.10 Å². The Morgan fingerprint density at radius 3 is 2.44 bits per heavy atom. The summed E-state index contributed by atoms with van der Waals surface area (Å²) in [4.78, 5) is 12.8. The highest BCUT2D eigenvalue weighted by molar-refractivity contribution is 7.91. The first-order chi connectivity index (χ1) is 16.2. The summed E-state index contributed by atoms with van der Waals surface area (Å²) in [7, 11) is -3.04. The molecule has 4 rings (SSSR count). The fraction of sp³-hybridized carbons (Fsp3) is 0.615. The third kappa shape index (κ3) is 6.08. The van der Waals surface area contributed by atoms with Gasteiger partial charge >= 0.3 is 0 Å². The normalized spacial score (nSPS) is 21.6.